The van der Waals surface area contributed by atoms with E-state index in [4.69, 9.17) is 9.15 Å². The van der Waals surface area contributed by atoms with E-state index in [9.17, 15) is 22.8 Å². The second-order valence-electron chi connectivity index (χ2n) is 10.8. The summed E-state index contributed by atoms with van der Waals surface area (Å²) in [7, 11) is 0. The lowest BCUT2D eigenvalue weighted by Crippen LogP contribution is -2.42. The van der Waals surface area contributed by atoms with E-state index >= 15 is 0 Å². The van der Waals surface area contributed by atoms with Gasteiger partial charge in [-0.3, -0.25) is 14.1 Å². The molecule has 0 saturated carbocycles. The van der Waals surface area contributed by atoms with Crippen LogP contribution in [0.25, 0.3) is 22.5 Å². The Labute approximate surface area is 227 Å². The summed E-state index contributed by atoms with van der Waals surface area (Å²) in [6, 6.07) is 7.41. The zero-order valence-corrected chi connectivity index (χ0v) is 22.3. The number of likely N-dealkylation sites (tertiary alicyclic amines) is 1. The molecule has 1 saturated heterocycles. The minimum absolute atomic E-state index is 0.0648. The Morgan fingerprint density at radius 1 is 1.10 bits per heavy atom. The van der Waals surface area contributed by atoms with Crippen molar-refractivity contribution in [3.63, 3.8) is 0 Å². The van der Waals surface area contributed by atoms with Crippen LogP contribution in [0.2, 0.25) is 0 Å². The monoisotopic (exact) mass is 558 g/mol. The molecule has 0 atom stereocenters. The van der Waals surface area contributed by atoms with Gasteiger partial charge in [0.1, 0.15) is 11.4 Å². The van der Waals surface area contributed by atoms with Crippen LogP contribution in [0.15, 0.2) is 45.7 Å². The normalized spacial score (nSPS) is 14.8. The standard InChI is InChI=1S/C27H29F3N6O4/c1-27(2,3)40-26(38)34-10-8-16(9-11-34)14-35-20-7-5-18(28)12-21(20)36(25(35)37)15-19-6-4-17(13-31-19)23-32-33-24(39-23)22(29)30/h4-7,12-13,16,22H,8-11,14-15H2,1-3H3. The number of hydrogen-bond acceptors (Lipinski definition) is 7. The summed E-state index contributed by atoms with van der Waals surface area (Å²) >= 11 is 0. The maximum absolute atomic E-state index is 14.2. The maximum atomic E-state index is 14.2. The number of fused-ring (bicyclic) bond motifs is 1. The van der Waals surface area contributed by atoms with Crippen LogP contribution in [-0.2, 0) is 17.8 Å². The van der Waals surface area contributed by atoms with Gasteiger partial charge in [-0.05, 0) is 69.9 Å². The molecule has 1 aromatic carbocycles. The van der Waals surface area contributed by atoms with Gasteiger partial charge in [-0.15, -0.1) is 10.2 Å². The number of piperidine rings is 1. The van der Waals surface area contributed by atoms with Crippen LogP contribution < -0.4 is 5.69 Å². The number of ether oxygens (including phenoxy) is 1. The number of rotatable bonds is 6. The quantitative estimate of drug-likeness (QED) is 0.327. The maximum Gasteiger partial charge on any atom is 0.410 e. The highest BCUT2D eigenvalue weighted by Gasteiger charge is 2.28. The van der Waals surface area contributed by atoms with Gasteiger partial charge in [0.15, 0.2) is 0 Å². The van der Waals surface area contributed by atoms with Gasteiger partial charge in [0, 0.05) is 25.8 Å². The third-order valence-electron chi connectivity index (χ3n) is 6.71. The van der Waals surface area contributed by atoms with Gasteiger partial charge in [-0.1, -0.05) is 0 Å². The number of carbonyl (C=O) groups is 1. The van der Waals surface area contributed by atoms with E-state index in [0.29, 0.717) is 54.8 Å². The molecule has 10 nitrogen and oxygen atoms in total. The largest absolute Gasteiger partial charge is 0.444 e. The molecule has 0 aliphatic carbocycles. The van der Waals surface area contributed by atoms with Gasteiger partial charge < -0.3 is 14.1 Å². The Hall–Kier alpha value is -4.16. The third kappa shape index (κ3) is 5.87. The number of pyridine rings is 1. The molecule has 0 radical (unpaired) electrons. The van der Waals surface area contributed by atoms with Crippen molar-refractivity contribution in [2.75, 3.05) is 13.1 Å². The lowest BCUT2D eigenvalue weighted by atomic mass is 9.97. The van der Waals surface area contributed by atoms with Crippen LogP contribution in [0.1, 0.15) is 51.6 Å². The zero-order chi connectivity index (χ0) is 28.6. The molecule has 0 unspecified atom stereocenters. The van der Waals surface area contributed by atoms with Crippen LogP contribution in [0.5, 0.6) is 0 Å². The Morgan fingerprint density at radius 2 is 1.85 bits per heavy atom. The zero-order valence-electron chi connectivity index (χ0n) is 22.3. The molecule has 5 rings (SSSR count). The van der Waals surface area contributed by atoms with Crippen LogP contribution in [0.3, 0.4) is 0 Å². The first-order valence-corrected chi connectivity index (χ1v) is 12.9. The van der Waals surface area contributed by atoms with Crippen molar-refractivity contribution in [3.05, 3.63) is 64.4 Å². The molecule has 4 aromatic rings. The Balaban J connectivity index is 1.34. The van der Waals surface area contributed by atoms with Crippen LogP contribution >= 0.6 is 0 Å². The molecular weight excluding hydrogens is 529 g/mol. The summed E-state index contributed by atoms with van der Waals surface area (Å²) in [5.41, 5.74) is 0.997. The molecule has 1 amide bonds. The van der Waals surface area contributed by atoms with Crippen molar-refractivity contribution in [2.45, 2.75) is 58.7 Å². The number of alkyl halides is 2. The molecule has 0 N–H and O–H groups in total. The molecule has 3 aromatic heterocycles. The predicted octanol–water partition coefficient (Wildman–Crippen LogP) is 5.02. The van der Waals surface area contributed by atoms with Crippen LogP contribution in [0.4, 0.5) is 18.0 Å². The highest BCUT2D eigenvalue weighted by molar-refractivity contribution is 5.76. The molecule has 40 heavy (non-hydrogen) atoms. The minimum Gasteiger partial charge on any atom is -0.444 e. The van der Waals surface area contributed by atoms with E-state index in [1.165, 1.54) is 22.9 Å². The molecule has 4 heterocycles. The summed E-state index contributed by atoms with van der Waals surface area (Å²) in [5, 5.41) is 6.92. The second-order valence-corrected chi connectivity index (χ2v) is 10.8. The van der Waals surface area contributed by atoms with E-state index in [2.05, 4.69) is 15.2 Å². The summed E-state index contributed by atoms with van der Waals surface area (Å²) in [6.45, 7) is 7.01. The van der Waals surface area contributed by atoms with Crippen molar-refractivity contribution in [2.24, 2.45) is 5.92 Å². The number of benzene rings is 1. The number of halogens is 3. The van der Waals surface area contributed by atoms with E-state index in [0.717, 1.165) is 0 Å². The fourth-order valence-corrected chi connectivity index (χ4v) is 4.75. The average Bonchev–Trinajstić information content (AvgIpc) is 3.49. The molecule has 1 aliphatic rings. The van der Waals surface area contributed by atoms with Crippen LogP contribution in [-0.4, -0.2) is 54.0 Å². The first kappa shape index (κ1) is 27.4. The highest BCUT2D eigenvalue weighted by atomic mass is 19.3. The van der Waals surface area contributed by atoms with E-state index < -0.39 is 23.7 Å². The lowest BCUT2D eigenvalue weighted by Gasteiger charge is -2.33. The molecule has 13 heteroatoms. The van der Waals surface area contributed by atoms with Crippen molar-refractivity contribution in [1.82, 2.24) is 29.2 Å². The number of amides is 1. The Kier molecular flexibility index (Phi) is 7.39. The first-order chi connectivity index (χ1) is 19.0. The number of hydrogen-bond donors (Lipinski definition) is 0. The summed E-state index contributed by atoms with van der Waals surface area (Å²) < 4.78 is 53.3. The van der Waals surface area contributed by atoms with Gasteiger partial charge in [-0.2, -0.15) is 8.78 Å². The van der Waals surface area contributed by atoms with Crippen molar-refractivity contribution in [3.8, 4) is 11.5 Å². The van der Waals surface area contributed by atoms with E-state index in [-0.39, 0.29) is 30.1 Å². The predicted molar refractivity (Wildman–Crippen MR) is 138 cm³/mol. The number of carbonyl (C=O) groups excluding carboxylic acids is 1. The molecule has 1 aliphatic heterocycles. The Morgan fingerprint density at radius 3 is 2.48 bits per heavy atom. The Bertz CT molecular complexity index is 1560. The van der Waals surface area contributed by atoms with Gasteiger partial charge in [0.2, 0.25) is 5.89 Å². The number of aromatic nitrogens is 5. The number of imidazole rings is 1. The van der Waals surface area contributed by atoms with Gasteiger partial charge >= 0.3 is 18.2 Å². The fraction of sp³-hybridized carbons (Fsp3) is 0.444. The van der Waals surface area contributed by atoms with Crippen molar-refractivity contribution < 1.29 is 27.1 Å². The third-order valence-corrected chi connectivity index (χ3v) is 6.71. The summed E-state index contributed by atoms with van der Waals surface area (Å²) in [4.78, 5) is 32.0. The van der Waals surface area contributed by atoms with Gasteiger partial charge in [0.05, 0.1) is 28.8 Å². The fourth-order valence-electron chi connectivity index (χ4n) is 4.75. The van der Waals surface area contributed by atoms with Gasteiger partial charge in [-0.25, -0.2) is 14.0 Å². The van der Waals surface area contributed by atoms with Crippen LogP contribution in [0, 0.1) is 11.7 Å². The van der Waals surface area contributed by atoms with Gasteiger partial charge in [0.25, 0.3) is 5.89 Å². The molecule has 0 bridgehead atoms. The minimum atomic E-state index is -2.88. The highest BCUT2D eigenvalue weighted by Crippen LogP contribution is 2.25. The topological polar surface area (TPSA) is 108 Å². The first-order valence-electron chi connectivity index (χ1n) is 12.9. The van der Waals surface area contributed by atoms with E-state index in [1.807, 2.05) is 20.8 Å². The van der Waals surface area contributed by atoms with Crippen molar-refractivity contribution >= 4 is 17.1 Å². The molecule has 0 spiro atoms. The smallest absolute Gasteiger partial charge is 0.410 e. The van der Waals surface area contributed by atoms with Crippen molar-refractivity contribution in [1.29, 1.82) is 0 Å². The second kappa shape index (κ2) is 10.8. The summed E-state index contributed by atoms with van der Waals surface area (Å²) in [6.07, 6.45) is -0.434. The number of nitrogens with zero attached hydrogens (tertiary/aromatic N) is 6. The molecule has 1 fully saturated rings. The molecular formula is C27H29F3N6O4. The van der Waals surface area contributed by atoms with E-state index in [1.54, 1.807) is 27.7 Å². The molecule has 212 valence electrons. The summed E-state index contributed by atoms with van der Waals surface area (Å²) in [5.74, 6) is -1.21. The lowest BCUT2D eigenvalue weighted by molar-refractivity contribution is 0.0178. The SMILES string of the molecule is CC(C)(C)OC(=O)N1CCC(Cn2c(=O)n(Cc3ccc(-c4nnc(C(F)F)o4)cn3)c3cc(F)ccc32)CC1. The average molecular weight is 559 g/mol.